The Balaban J connectivity index is 0.00000256. The van der Waals surface area contributed by atoms with Crippen molar-refractivity contribution in [3.63, 3.8) is 0 Å². The number of allylic oxidation sites excluding steroid dienone is 1. The van der Waals surface area contributed by atoms with Gasteiger partial charge in [-0.1, -0.05) is 36.4 Å². The number of ether oxygens (including phenoxy) is 1. The first kappa shape index (κ1) is 15.7. The molecule has 0 fully saturated rings. The van der Waals surface area contributed by atoms with Gasteiger partial charge in [-0.25, -0.2) is 0 Å². The lowest BCUT2D eigenvalue weighted by atomic mass is 10.2. The third kappa shape index (κ3) is 6.76. The predicted octanol–water partition coefficient (Wildman–Crippen LogP) is 2.64. The van der Waals surface area contributed by atoms with Gasteiger partial charge < -0.3 is 14.7 Å². The highest BCUT2D eigenvalue weighted by atomic mass is 16.5. The monoisotopic (exact) mass is 237 g/mol. The van der Waals surface area contributed by atoms with Gasteiger partial charge in [0, 0.05) is 5.56 Å². The second kappa shape index (κ2) is 7.87. The molecule has 0 heterocycles. The van der Waals surface area contributed by atoms with Crippen LogP contribution in [0.3, 0.4) is 0 Å². The standard InChI is InChI=1S/C14H22NO.H2O/c1-4-11-16-12-10-15(2,3)13-14-8-6-5-7-9-14;/h4-9,11H,10,12-13H2,1-3H3;1H2/q+1;/p-1. The van der Waals surface area contributed by atoms with Crippen molar-refractivity contribution >= 4 is 0 Å². The molecule has 1 N–H and O–H groups in total. The van der Waals surface area contributed by atoms with Crippen LogP contribution in [0.25, 0.3) is 0 Å². The quantitative estimate of drug-likeness (QED) is 0.433. The molecule has 17 heavy (non-hydrogen) atoms. The molecule has 96 valence electrons. The van der Waals surface area contributed by atoms with Crippen molar-refractivity contribution in [2.24, 2.45) is 0 Å². The van der Waals surface area contributed by atoms with Crippen LogP contribution in [-0.4, -0.2) is 37.2 Å². The molecule has 0 spiro atoms. The van der Waals surface area contributed by atoms with Gasteiger partial charge in [-0.05, 0) is 6.92 Å². The number of rotatable bonds is 6. The average Bonchev–Trinajstić information content (AvgIpc) is 2.25. The lowest BCUT2D eigenvalue weighted by molar-refractivity contribution is -0.903. The van der Waals surface area contributed by atoms with Gasteiger partial charge in [0.2, 0.25) is 0 Å². The maximum absolute atomic E-state index is 5.36. The van der Waals surface area contributed by atoms with Crippen LogP contribution in [0.1, 0.15) is 12.5 Å². The lowest BCUT2D eigenvalue weighted by Gasteiger charge is -2.29. The Morgan fingerprint density at radius 1 is 1.18 bits per heavy atom. The minimum absolute atomic E-state index is 0. The van der Waals surface area contributed by atoms with Crippen LogP contribution in [0.5, 0.6) is 0 Å². The highest BCUT2D eigenvalue weighted by Crippen LogP contribution is 2.08. The second-order valence-corrected chi connectivity index (χ2v) is 4.64. The van der Waals surface area contributed by atoms with Crippen LogP contribution in [0, 0.1) is 0 Å². The molecule has 0 aliphatic rings. The zero-order valence-electron chi connectivity index (χ0n) is 11.0. The Bertz CT molecular complexity index is 320. The average molecular weight is 237 g/mol. The van der Waals surface area contributed by atoms with E-state index in [1.54, 1.807) is 6.26 Å². The lowest BCUT2D eigenvalue weighted by Crippen LogP contribution is -2.41. The van der Waals surface area contributed by atoms with Crippen molar-refractivity contribution in [2.45, 2.75) is 13.5 Å². The molecule has 0 saturated carbocycles. The van der Waals surface area contributed by atoms with E-state index in [1.165, 1.54) is 5.56 Å². The summed E-state index contributed by atoms with van der Waals surface area (Å²) in [7, 11) is 4.46. The summed E-state index contributed by atoms with van der Waals surface area (Å²) in [6, 6.07) is 10.6. The molecule has 0 saturated heterocycles. The molecule has 0 atom stereocenters. The maximum atomic E-state index is 5.36. The van der Waals surface area contributed by atoms with Crippen LogP contribution in [0.15, 0.2) is 42.7 Å². The first-order valence-electron chi connectivity index (χ1n) is 5.73. The van der Waals surface area contributed by atoms with Gasteiger partial charge in [-0.2, -0.15) is 0 Å². The fraction of sp³-hybridized carbons (Fsp3) is 0.429. The van der Waals surface area contributed by atoms with Crippen molar-refractivity contribution in [3.05, 3.63) is 48.2 Å². The number of quaternary nitrogens is 1. The summed E-state index contributed by atoms with van der Waals surface area (Å²) in [4.78, 5) is 0. The Morgan fingerprint density at radius 3 is 2.41 bits per heavy atom. The molecular weight excluding hydrogens is 214 g/mol. The van der Waals surface area contributed by atoms with Gasteiger partial charge in [0.05, 0.1) is 20.4 Å². The number of benzene rings is 1. The summed E-state index contributed by atoms with van der Waals surface area (Å²) >= 11 is 0. The second-order valence-electron chi connectivity index (χ2n) is 4.64. The van der Waals surface area contributed by atoms with Crippen LogP contribution >= 0.6 is 0 Å². The van der Waals surface area contributed by atoms with E-state index in [0.29, 0.717) is 0 Å². The largest absolute Gasteiger partial charge is 0.870 e. The zero-order chi connectivity index (χ0) is 11.9. The molecule has 0 aromatic heterocycles. The van der Waals surface area contributed by atoms with Crippen LogP contribution in [0.4, 0.5) is 0 Å². The minimum Gasteiger partial charge on any atom is -0.870 e. The fourth-order valence-corrected chi connectivity index (χ4v) is 1.62. The Morgan fingerprint density at radius 2 is 1.82 bits per heavy atom. The molecule has 1 aromatic rings. The summed E-state index contributed by atoms with van der Waals surface area (Å²) in [5, 5.41) is 0. The van der Waals surface area contributed by atoms with E-state index in [0.717, 1.165) is 24.2 Å². The SMILES string of the molecule is CC=COCC[N+](C)(C)Cc1ccccc1.[OH-]. The van der Waals surface area contributed by atoms with Gasteiger partial charge in [-0.3, -0.25) is 0 Å². The van der Waals surface area contributed by atoms with E-state index in [-0.39, 0.29) is 5.48 Å². The molecule has 0 aliphatic heterocycles. The van der Waals surface area contributed by atoms with Crippen LogP contribution in [0.2, 0.25) is 0 Å². The zero-order valence-corrected chi connectivity index (χ0v) is 11.0. The summed E-state index contributed by atoms with van der Waals surface area (Å²) in [5.41, 5.74) is 1.37. The summed E-state index contributed by atoms with van der Waals surface area (Å²) in [5.74, 6) is 0. The van der Waals surface area contributed by atoms with Crippen LogP contribution < -0.4 is 0 Å². The fourth-order valence-electron chi connectivity index (χ4n) is 1.62. The summed E-state index contributed by atoms with van der Waals surface area (Å²) in [6.07, 6.45) is 3.67. The van der Waals surface area contributed by atoms with Gasteiger partial charge >= 0.3 is 0 Å². The van der Waals surface area contributed by atoms with Crippen LogP contribution in [-0.2, 0) is 11.3 Å². The third-order valence-electron chi connectivity index (χ3n) is 2.50. The maximum Gasteiger partial charge on any atom is 0.136 e. The number of hydrogen-bond acceptors (Lipinski definition) is 2. The highest BCUT2D eigenvalue weighted by molar-refractivity contribution is 5.13. The van der Waals surface area contributed by atoms with Crippen molar-refractivity contribution in [1.82, 2.24) is 0 Å². The Labute approximate surface area is 104 Å². The molecule has 3 nitrogen and oxygen atoms in total. The van der Waals surface area contributed by atoms with E-state index in [1.807, 2.05) is 13.0 Å². The summed E-state index contributed by atoms with van der Waals surface area (Å²) < 4.78 is 6.31. The smallest absolute Gasteiger partial charge is 0.136 e. The molecule has 1 aromatic carbocycles. The topological polar surface area (TPSA) is 39.2 Å². The van der Waals surface area contributed by atoms with Gasteiger partial charge in [0.15, 0.2) is 0 Å². The van der Waals surface area contributed by atoms with Crippen molar-refractivity contribution in [2.75, 3.05) is 27.2 Å². The van der Waals surface area contributed by atoms with Crippen molar-refractivity contribution in [3.8, 4) is 0 Å². The molecule has 3 heteroatoms. The van der Waals surface area contributed by atoms with Crippen molar-refractivity contribution < 1.29 is 14.7 Å². The molecule has 0 aliphatic carbocycles. The highest BCUT2D eigenvalue weighted by Gasteiger charge is 2.15. The Hall–Kier alpha value is -1.32. The first-order valence-corrected chi connectivity index (χ1v) is 5.73. The molecule has 0 unspecified atom stereocenters. The first-order chi connectivity index (χ1) is 7.64. The van der Waals surface area contributed by atoms with Gasteiger partial charge in [-0.15, -0.1) is 0 Å². The Kier molecular flexibility index (Phi) is 7.26. The molecule has 0 radical (unpaired) electrons. The molecule has 0 amide bonds. The van der Waals surface area contributed by atoms with E-state index in [4.69, 9.17) is 4.74 Å². The van der Waals surface area contributed by atoms with E-state index < -0.39 is 0 Å². The van der Waals surface area contributed by atoms with E-state index in [2.05, 4.69) is 44.4 Å². The summed E-state index contributed by atoms with van der Waals surface area (Å²) in [6.45, 7) is 4.79. The van der Waals surface area contributed by atoms with Crippen molar-refractivity contribution in [1.29, 1.82) is 0 Å². The van der Waals surface area contributed by atoms with Gasteiger partial charge in [0.25, 0.3) is 0 Å². The van der Waals surface area contributed by atoms with E-state index in [9.17, 15) is 0 Å². The molecule has 1 rings (SSSR count). The molecule has 0 bridgehead atoms. The molecular formula is C14H23NO2. The minimum atomic E-state index is 0. The number of nitrogens with zero attached hydrogens (tertiary/aromatic N) is 1. The van der Waals surface area contributed by atoms with E-state index >= 15 is 0 Å². The third-order valence-corrected chi connectivity index (χ3v) is 2.50. The normalized spacial score (nSPS) is 11.2. The number of likely N-dealkylation sites (N-methyl/N-ethyl adjacent to an activating group) is 1. The van der Waals surface area contributed by atoms with Gasteiger partial charge in [0.1, 0.15) is 19.7 Å². The number of hydrogen-bond donors (Lipinski definition) is 0. The predicted molar refractivity (Wildman–Crippen MR) is 69.8 cm³/mol.